The van der Waals surface area contributed by atoms with Crippen LogP contribution in [0.15, 0.2) is 11.6 Å². The lowest BCUT2D eigenvalue weighted by atomic mass is 9.80. The largest absolute Gasteiger partial charge is 0.466 e. The van der Waals surface area contributed by atoms with Gasteiger partial charge in [-0.3, -0.25) is 0 Å². The Morgan fingerprint density at radius 3 is 2.24 bits per heavy atom. The molecule has 2 fully saturated rings. The van der Waals surface area contributed by atoms with E-state index in [1.54, 1.807) is 6.08 Å². The minimum absolute atomic E-state index is 0.132. The highest BCUT2D eigenvalue weighted by molar-refractivity contribution is 5.83. The summed E-state index contributed by atoms with van der Waals surface area (Å²) in [6, 6.07) is 0.132. The van der Waals surface area contributed by atoms with Gasteiger partial charge < -0.3 is 14.8 Å². The summed E-state index contributed by atoms with van der Waals surface area (Å²) < 4.78 is 10.0. The van der Waals surface area contributed by atoms with Gasteiger partial charge in [0.2, 0.25) is 0 Å². The van der Waals surface area contributed by atoms with Gasteiger partial charge in [0, 0.05) is 12.1 Å². The van der Waals surface area contributed by atoms with Gasteiger partial charge in [0.25, 0.3) is 0 Å². The Kier molecular flexibility index (Phi) is 4.59. The molecule has 118 valence electrons. The lowest BCUT2D eigenvalue weighted by Crippen LogP contribution is -2.42. The quantitative estimate of drug-likeness (QED) is 0.628. The average molecular weight is 295 g/mol. The molecule has 2 saturated carbocycles. The summed E-state index contributed by atoms with van der Waals surface area (Å²) in [6.07, 6.45) is 5.20. The van der Waals surface area contributed by atoms with E-state index in [9.17, 15) is 9.59 Å². The van der Waals surface area contributed by atoms with Crippen molar-refractivity contribution in [1.82, 2.24) is 5.32 Å². The van der Waals surface area contributed by atoms with E-state index in [1.807, 2.05) is 20.8 Å². The Balaban J connectivity index is 1.94. The Morgan fingerprint density at radius 2 is 1.76 bits per heavy atom. The summed E-state index contributed by atoms with van der Waals surface area (Å²) in [7, 11) is 1.40. The molecule has 0 saturated heterocycles. The van der Waals surface area contributed by atoms with Crippen molar-refractivity contribution in [2.24, 2.45) is 11.8 Å². The van der Waals surface area contributed by atoms with E-state index >= 15 is 0 Å². The highest BCUT2D eigenvalue weighted by atomic mass is 16.6. The molecule has 0 radical (unpaired) electrons. The van der Waals surface area contributed by atoms with Crippen LogP contribution in [0.2, 0.25) is 0 Å². The van der Waals surface area contributed by atoms with Crippen LogP contribution in [-0.4, -0.2) is 30.8 Å². The van der Waals surface area contributed by atoms with Crippen molar-refractivity contribution in [3.63, 3.8) is 0 Å². The second-order valence-corrected chi connectivity index (χ2v) is 6.95. The number of alkyl carbamates (subject to hydrolysis) is 1. The number of fused-ring (bicyclic) bond motifs is 2. The minimum atomic E-state index is -0.478. The van der Waals surface area contributed by atoms with Gasteiger partial charge in [0.05, 0.1) is 7.11 Å². The maximum atomic E-state index is 11.8. The van der Waals surface area contributed by atoms with Crippen molar-refractivity contribution in [2.75, 3.05) is 7.11 Å². The van der Waals surface area contributed by atoms with Crippen molar-refractivity contribution in [1.29, 1.82) is 0 Å². The highest BCUT2D eigenvalue weighted by Gasteiger charge is 2.39. The van der Waals surface area contributed by atoms with Gasteiger partial charge in [0.15, 0.2) is 0 Å². The number of carbonyl (C=O) groups excluding carboxylic acids is 2. The first-order valence-corrected chi connectivity index (χ1v) is 7.57. The molecule has 2 bridgehead atoms. The average Bonchev–Trinajstić information content (AvgIpc) is 2.58. The van der Waals surface area contributed by atoms with E-state index in [0.29, 0.717) is 11.8 Å². The van der Waals surface area contributed by atoms with Crippen molar-refractivity contribution >= 4 is 12.1 Å². The van der Waals surface area contributed by atoms with E-state index in [0.717, 1.165) is 25.7 Å². The molecule has 5 heteroatoms. The zero-order valence-electron chi connectivity index (χ0n) is 13.3. The lowest BCUT2D eigenvalue weighted by Gasteiger charge is -2.31. The first-order valence-electron chi connectivity index (χ1n) is 7.57. The molecule has 2 rings (SSSR count). The van der Waals surface area contributed by atoms with Crippen LogP contribution in [-0.2, 0) is 14.3 Å². The maximum Gasteiger partial charge on any atom is 0.407 e. The van der Waals surface area contributed by atoms with Crippen LogP contribution >= 0.6 is 0 Å². The Bertz CT molecular complexity index is 434. The number of nitrogens with one attached hydrogen (secondary N) is 1. The number of methoxy groups -OCH3 is 1. The van der Waals surface area contributed by atoms with Crippen LogP contribution in [0, 0.1) is 11.8 Å². The summed E-state index contributed by atoms with van der Waals surface area (Å²) in [5.41, 5.74) is 0.720. The molecular formula is C16H25NO4. The van der Waals surface area contributed by atoms with Crippen molar-refractivity contribution < 1.29 is 19.1 Å². The first-order chi connectivity index (χ1) is 9.78. The predicted molar refractivity (Wildman–Crippen MR) is 78.7 cm³/mol. The van der Waals surface area contributed by atoms with Crippen molar-refractivity contribution in [3.05, 3.63) is 11.6 Å². The SMILES string of the molecule is COC(=O)C=C1C2CCC1CC(NC(=O)OC(C)(C)C)C2. The summed E-state index contributed by atoms with van der Waals surface area (Å²) in [5.74, 6) is 0.478. The number of amides is 1. The molecule has 0 spiro atoms. The molecule has 1 N–H and O–H groups in total. The van der Waals surface area contributed by atoms with Crippen LogP contribution in [0.4, 0.5) is 4.79 Å². The van der Waals surface area contributed by atoms with E-state index in [2.05, 4.69) is 5.32 Å². The molecule has 2 unspecified atom stereocenters. The Morgan fingerprint density at radius 1 is 1.19 bits per heavy atom. The van der Waals surface area contributed by atoms with Crippen LogP contribution in [0.25, 0.3) is 0 Å². The van der Waals surface area contributed by atoms with Gasteiger partial charge in [-0.05, 0) is 58.3 Å². The molecule has 0 aromatic heterocycles. The highest BCUT2D eigenvalue weighted by Crippen LogP contribution is 2.46. The van der Waals surface area contributed by atoms with Crippen LogP contribution < -0.4 is 5.32 Å². The van der Waals surface area contributed by atoms with E-state index in [1.165, 1.54) is 12.7 Å². The maximum absolute atomic E-state index is 11.8. The van der Waals surface area contributed by atoms with Crippen molar-refractivity contribution in [3.8, 4) is 0 Å². The van der Waals surface area contributed by atoms with Gasteiger partial charge >= 0.3 is 12.1 Å². The number of allylic oxidation sites excluding steroid dienone is 1. The Labute approximate surface area is 126 Å². The fourth-order valence-corrected chi connectivity index (χ4v) is 3.38. The third-order valence-corrected chi connectivity index (χ3v) is 4.15. The van der Waals surface area contributed by atoms with E-state index < -0.39 is 5.60 Å². The predicted octanol–water partition coefficient (Wildman–Crippen LogP) is 2.80. The molecule has 0 heterocycles. The zero-order valence-corrected chi connectivity index (χ0v) is 13.3. The number of ether oxygens (including phenoxy) is 2. The van der Waals surface area contributed by atoms with Gasteiger partial charge in [-0.1, -0.05) is 5.57 Å². The first kappa shape index (κ1) is 15.9. The molecular weight excluding hydrogens is 270 g/mol. The third kappa shape index (κ3) is 4.22. The fraction of sp³-hybridized carbons (Fsp3) is 0.750. The van der Waals surface area contributed by atoms with Gasteiger partial charge in [-0.25, -0.2) is 9.59 Å². The molecule has 2 aliphatic carbocycles. The minimum Gasteiger partial charge on any atom is -0.466 e. The molecule has 5 nitrogen and oxygen atoms in total. The van der Waals surface area contributed by atoms with Crippen molar-refractivity contribution in [2.45, 2.75) is 58.1 Å². The summed E-state index contributed by atoms with van der Waals surface area (Å²) in [6.45, 7) is 5.57. The molecule has 2 aliphatic rings. The second-order valence-electron chi connectivity index (χ2n) is 6.95. The zero-order chi connectivity index (χ0) is 15.6. The van der Waals surface area contributed by atoms with E-state index in [4.69, 9.17) is 9.47 Å². The standard InChI is InChI=1S/C16H25NO4/c1-16(2,3)21-15(19)17-12-7-10-5-6-11(8-12)13(10)9-14(18)20-4/h9-12H,5-8H2,1-4H3,(H,17,19). The van der Waals surface area contributed by atoms with Crippen LogP contribution in [0.1, 0.15) is 46.5 Å². The number of esters is 1. The van der Waals surface area contributed by atoms with Gasteiger partial charge in [0.1, 0.15) is 5.60 Å². The second kappa shape index (κ2) is 6.08. The summed E-state index contributed by atoms with van der Waals surface area (Å²) >= 11 is 0. The molecule has 0 aromatic carbocycles. The van der Waals surface area contributed by atoms with Gasteiger partial charge in [-0.2, -0.15) is 0 Å². The molecule has 0 aromatic rings. The number of carbonyl (C=O) groups is 2. The Hall–Kier alpha value is -1.52. The number of hydrogen-bond donors (Lipinski definition) is 1. The number of hydrogen-bond acceptors (Lipinski definition) is 4. The smallest absolute Gasteiger partial charge is 0.407 e. The molecule has 0 aliphatic heterocycles. The normalized spacial score (nSPS) is 28.0. The van der Waals surface area contributed by atoms with Crippen LogP contribution in [0.3, 0.4) is 0 Å². The van der Waals surface area contributed by atoms with Crippen LogP contribution in [0.5, 0.6) is 0 Å². The summed E-state index contributed by atoms with van der Waals surface area (Å²) in [4.78, 5) is 23.3. The lowest BCUT2D eigenvalue weighted by molar-refractivity contribution is -0.135. The van der Waals surface area contributed by atoms with Gasteiger partial charge in [-0.15, -0.1) is 0 Å². The fourth-order valence-electron chi connectivity index (χ4n) is 3.38. The molecule has 2 atom stereocenters. The molecule has 21 heavy (non-hydrogen) atoms. The number of rotatable bonds is 2. The third-order valence-electron chi connectivity index (χ3n) is 4.15. The van der Waals surface area contributed by atoms with E-state index in [-0.39, 0.29) is 18.1 Å². The molecule has 1 amide bonds. The topological polar surface area (TPSA) is 64.6 Å². The summed E-state index contributed by atoms with van der Waals surface area (Å²) in [5, 5.41) is 2.96. The monoisotopic (exact) mass is 295 g/mol.